The van der Waals surface area contributed by atoms with Crippen molar-refractivity contribution in [2.75, 3.05) is 0 Å². The van der Waals surface area contributed by atoms with Gasteiger partial charge in [0.2, 0.25) is 0 Å². The molecule has 2 aromatic carbocycles. The van der Waals surface area contributed by atoms with Crippen LogP contribution in [0.4, 0.5) is 0 Å². The van der Waals surface area contributed by atoms with Crippen molar-refractivity contribution in [3.8, 4) is 0 Å². The molecule has 6 heteroatoms. The Balaban J connectivity index is 1.58. The van der Waals surface area contributed by atoms with E-state index in [1.54, 1.807) is 17.0 Å². The molecule has 1 amide bonds. The fourth-order valence-electron chi connectivity index (χ4n) is 2.24. The third-order valence-corrected chi connectivity index (χ3v) is 3.53. The van der Waals surface area contributed by atoms with E-state index >= 15 is 0 Å². The van der Waals surface area contributed by atoms with Crippen molar-refractivity contribution in [3.05, 3.63) is 71.5 Å². The third-order valence-electron chi connectivity index (χ3n) is 3.32. The lowest BCUT2D eigenvalue weighted by Crippen LogP contribution is -2.22. The number of carbonyl (C=O) groups is 1. The van der Waals surface area contributed by atoms with Gasteiger partial charge in [-0.3, -0.25) is 4.79 Å². The van der Waals surface area contributed by atoms with Gasteiger partial charge in [0.25, 0.3) is 5.91 Å². The van der Waals surface area contributed by atoms with E-state index in [0.29, 0.717) is 5.03 Å². The zero-order valence-electron chi connectivity index (χ0n) is 12.8. The van der Waals surface area contributed by atoms with E-state index in [-0.39, 0.29) is 12.5 Å². The lowest BCUT2D eigenvalue weighted by Gasteiger charge is -2.02. The van der Waals surface area contributed by atoms with Gasteiger partial charge < -0.3 is 4.57 Å². The van der Waals surface area contributed by atoms with Crippen LogP contribution in [0.2, 0.25) is 0 Å². The first kappa shape index (κ1) is 16.0. The minimum Gasteiger partial charge on any atom is -0.321 e. The molecule has 5 nitrogen and oxygen atoms in total. The highest BCUT2D eigenvalue weighted by Gasteiger charge is 2.05. The molecule has 1 N–H and O–H groups in total. The number of benzene rings is 2. The van der Waals surface area contributed by atoms with E-state index in [0.717, 1.165) is 16.6 Å². The normalized spacial score (nSPS) is 12.0. The van der Waals surface area contributed by atoms with Gasteiger partial charge in [0, 0.05) is 0 Å². The van der Waals surface area contributed by atoms with Crippen molar-refractivity contribution in [3.63, 3.8) is 0 Å². The molecule has 0 saturated heterocycles. The van der Waals surface area contributed by atoms with Crippen LogP contribution >= 0.6 is 11.6 Å². The number of nitrogens with one attached hydrogen (secondary N) is 1. The number of amides is 1. The number of allylic oxidation sites excluding steroid dienone is 1. The highest BCUT2D eigenvalue weighted by Crippen LogP contribution is 2.11. The van der Waals surface area contributed by atoms with Crippen LogP contribution in [0, 0.1) is 0 Å². The molecule has 0 fully saturated rings. The molecule has 0 atom stereocenters. The molecule has 1 aromatic heterocycles. The summed E-state index contributed by atoms with van der Waals surface area (Å²) in [5, 5.41) is 4.29. The van der Waals surface area contributed by atoms with Gasteiger partial charge in [-0.2, -0.15) is 5.10 Å². The van der Waals surface area contributed by atoms with E-state index in [9.17, 15) is 4.79 Å². The van der Waals surface area contributed by atoms with Crippen LogP contribution in [-0.2, 0) is 11.3 Å². The van der Waals surface area contributed by atoms with Crippen LogP contribution < -0.4 is 5.43 Å². The van der Waals surface area contributed by atoms with Crippen molar-refractivity contribution in [2.45, 2.75) is 6.54 Å². The second-order valence-corrected chi connectivity index (χ2v) is 5.53. The maximum atomic E-state index is 12.0. The number of imidazole rings is 1. The number of rotatable bonds is 5. The number of carbonyl (C=O) groups excluding carboxylic acids is 1. The maximum absolute atomic E-state index is 12.0. The molecule has 1 heterocycles. The number of aromatic nitrogens is 2. The summed E-state index contributed by atoms with van der Waals surface area (Å²) >= 11 is 6.06. The Labute approximate surface area is 144 Å². The molecule has 0 spiro atoms. The minimum atomic E-state index is -0.251. The van der Waals surface area contributed by atoms with Gasteiger partial charge in [0.1, 0.15) is 6.54 Å². The average Bonchev–Trinajstić information content (AvgIpc) is 2.99. The number of fused-ring (bicyclic) bond motifs is 1. The Morgan fingerprint density at radius 3 is 2.75 bits per heavy atom. The van der Waals surface area contributed by atoms with Gasteiger partial charge >= 0.3 is 0 Å². The van der Waals surface area contributed by atoms with Gasteiger partial charge in [-0.25, -0.2) is 10.4 Å². The first-order chi connectivity index (χ1) is 11.7. The standard InChI is InChI=1S/C18H15ClN4O/c19-15(10-14-6-2-1-3-7-14)11-21-22-18(24)12-23-13-20-16-8-4-5-9-17(16)23/h1-11,13H,12H2,(H,22,24)/b15-10+,21-11+. The van der Waals surface area contributed by atoms with Crippen LogP contribution in [0.1, 0.15) is 5.56 Å². The van der Waals surface area contributed by atoms with Gasteiger partial charge in [-0.1, -0.05) is 54.1 Å². The Hall–Kier alpha value is -2.92. The number of para-hydroxylation sites is 2. The molecule has 120 valence electrons. The molecule has 0 unspecified atom stereocenters. The minimum absolute atomic E-state index is 0.137. The topological polar surface area (TPSA) is 59.3 Å². The number of hydrazone groups is 1. The van der Waals surface area contributed by atoms with Crippen LogP contribution in [-0.4, -0.2) is 21.7 Å². The smallest absolute Gasteiger partial charge is 0.260 e. The summed E-state index contributed by atoms with van der Waals surface area (Å²) in [5.41, 5.74) is 5.17. The summed E-state index contributed by atoms with van der Waals surface area (Å²) < 4.78 is 1.77. The fourth-order valence-corrected chi connectivity index (χ4v) is 2.41. The molecular weight excluding hydrogens is 324 g/mol. The predicted molar refractivity (Wildman–Crippen MR) is 96.6 cm³/mol. The molecule has 0 radical (unpaired) electrons. The van der Waals surface area contributed by atoms with E-state index in [1.807, 2.05) is 54.6 Å². The van der Waals surface area contributed by atoms with E-state index < -0.39 is 0 Å². The summed E-state index contributed by atoms with van der Waals surface area (Å²) in [5.74, 6) is -0.251. The second kappa shape index (κ2) is 7.57. The van der Waals surface area contributed by atoms with Crippen LogP contribution in [0.3, 0.4) is 0 Å². The Morgan fingerprint density at radius 2 is 1.92 bits per heavy atom. The van der Waals surface area contributed by atoms with Crippen molar-refractivity contribution in [1.82, 2.24) is 15.0 Å². The molecule has 0 aliphatic rings. The first-order valence-corrected chi connectivity index (χ1v) is 7.74. The molecule has 3 aromatic rings. The highest BCUT2D eigenvalue weighted by molar-refractivity contribution is 6.41. The quantitative estimate of drug-likeness (QED) is 0.572. The van der Waals surface area contributed by atoms with Crippen molar-refractivity contribution >= 4 is 40.8 Å². The summed E-state index contributed by atoms with van der Waals surface area (Å²) in [6, 6.07) is 17.3. The predicted octanol–water partition coefficient (Wildman–Crippen LogP) is 3.42. The van der Waals surface area contributed by atoms with Gasteiger partial charge in [0.15, 0.2) is 0 Å². The Kier molecular flexibility index (Phi) is 5.03. The fraction of sp³-hybridized carbons (Fsp3) is 0.0556. The highest BCUT2D eigenvalue weighted by atomic mass is 35.5. The van der Waals surface area contributed by atoms with Gasteiger partial charge in [-0.05, 0) is 23.8 Å². The number of hydrogen-bond donors (Lipinski definition) is 1. The molecule has 0 bridgehead atoms. The molecule has 3 rings (SSSR count). The van der Waals surface area contributed by atoms with Gasteiger partial charge in [-0.15, -0.1) is 0 Å². The molecule has 24 heavy (non-hydrogen) atoms. The van der Waals surface area contributed by atoms with E-state index in [4.69, 9.17) is 11.6 Å². The maximum Gasteiger partial charge on any atom is 0.260 e. The van der Waals surface area contributed by atoms with Crippen molar-refractivity contribution in [1.29, 1.82) is 0 Å². The van der Waals surface area contributed by atoms with Crippen molar-refractivity contribution < 1.29 is 4.79 Å². The van der Waals surface area contributed by atoms with Crippen LogP contribution in [0.5, 0.6) is 0 Å². The number of hydrogen-bond acceptors (Lipinski definition) is 3. The van der Waals surface area contributed by atoms with E-state index in [1.165, 1.54) is 6.21 Å². The molecule has 0 saturated carbocycles. The SMILES string of the molecule is O=C(Cn1cnc2ccccc21)N/N=C/C(Cl)=C\c1ccccc1. The number of nitrogens with zero attached hydrogens (tertiary/aromatic N) is 3. The average molecular weight is 339 g/mol. The van der Waals surface area contributed by atoms with Crippen molar-refractivity contribution in [2.24, 2.45) is 5.10 Å². The summed E-state index contributed by atoms with van der Waals surface area (Å²) in [6.45, 7) is 0.137. The monoisotopic (exact) mass is 338 g/mol. The number of halogens is 1. The second-order valence-electron chi connectivity index (χ2n) is 5.09. The Bertz CT molecular complexity index is 900. The summed E-state index contributed by atoms with van der Waals surface area (Å²) in [4.78, 5) is 16.2. The summed E-state index contributed by atoms with van der Waals surface area (Å²) in [7, 11) is 0. The first-order valence-electron chi connectivity index (χ1n) is 7.36. The summed E-state index contributed by atoms with van der Waals surface area (Å²) in [6.07, 6.45) is 4.80. The van der Waals surface area contributed by atoms with Gasteiger partial charge in [0.05, 0.1) is 28.6 Å². The van der Waals surface area contributed by atoms with Crippen LogP contribution in [0.25, 0.3) is 17.1 Å². The Morgan fingerprint density at radius 1 is 1.17 bits per heavy atom. The largest absolute Gasteiger partial charge is 0.321 e. The molecule has 0 aliphatic heterocycles. The lowest BCUT2D eigenvalue weighted by molar-refractivity contribution is -0.121. The lowest BCUT2D eigenvalue weighted by atomic mass is 10.2. The zero-order chi connectivity index (χ0) is 16.8. The van der Waals surface area contributed by atoms with E-state index in [2.05, 4.69) is 15.5 Å². The molecule has 0 aliphatic carbocycles. The molecular formula is C18H15ClN4O. The van der Waals surface area contributed by atoms with Crippen LogP contribution in [0.15, 0.2) is 71.1 Å². The third kappa shape index (κ3) is 4.08. The zero-order valence-corrected chi connectivity index (χ0v) is 13.5.